The number of nitrogens with one attached hydrogen (secondary N) is 1. The number of methoxy groups -OCH3 is 1. The number of rotatable bonds is 3. The number of hydrogen-bond donors (Lipinski definition) is 2. The number of benzene rings is 1. The van der Waals surface area contributed by atoms with E-state index >= 15 is 0 Å². The van der Waals surface area contributed by atoms with Gasteiger partial charge in [0.1, 0.15) is 5.75 Å². The second-order valence-corrected chi connectivity index (χ2v) is 2.55. The SMILES string of the molecule is COc1ccc(CC(=N)N)cc1.Cl. The summed E-state index contributed by atoms with van der Waals surface area (Å²) in [5.74, 6) is 1.00. The summed E-state index contributed by atoms with van der Waals surface area (Å²) >= 11 is 0. The average Bonchev–Trinajstić information content (AvgIpc) is 2.05. The summed E-state index contributed by atoms with van der Waals surface area (Å²) in [6.07, 6.45) is 0.504. The van der Waals surface area contributed by atoms with Gasteiger partial charge in [0.15, 0.2) is 0 Å². The van der Waals surface area contributed by atoms with Crippen LogP contribution in [0.25, 0.3) is 0 Å². The van der Waals surface area contributed by atoms with Crippen molar-refractivity contribution in [3.05, 3.63) is 29.8 Å². The van der Waals surface area contributed by atoms with Crippen molar-refractivity contribution < 1.29 is 4.74 Å². The predicted octanol–water partition coefficient (Wildman–Crippen LogP) is 1.60. The molecule has 0 unspecified atom stereocenters. The number of halogens is 1. The van der Waals surface area contributed by atoms with E-state index in [2.05, 4.69) is 0 Å². The van der Waals surface area contributed by atoms with E-state index in [-0.39, 0.29) is 18.2 Å². The Morgan fingerprint density at radius 3 is 2.31 bits per heavy atom. The van der Waals surface area contributed by atoms with Crippen LogP contribution in [0, 0.1) is 5.41 Å². The van der Waals surface area contributed by atoms with E-state index in [1.807, 2.05) is 24.3 Å². The molecule has 72 valence electrons. The van der Waals surface area contributed by atoms with Gasteiger partial charge in [-0.1, -0.05) is 12.1 Å². The number of amidine groups is 1. The molecule has 13 heavy (non-hydrogen) atoms. The molecular weight excluding hydrogens is 188 g/mol. The van der Waals surface area contributed by atoms with Crippen molar-refractivity contribution in [1.82, 2.24) is 0 Å². The van der Waals surface area contributed by atoms with E-state index in [1.54, 1.807) is 7.11 Å². The van der Waals surface area contributed by atoms with Crippen LogP contribution in [0.3, 0.4) is 0 Å². The smallest absolute Gasteiger partial charge is 0.118 e. The molecule has 0 amide bonds. The van der Waals surface area contributed by atoms with E-state index in [1.165, 1.54) is 0 Å². The second kappa shape index (κ2) is 5.43. The molecule has 0 heterocycles. The Morgan fingerprint density at radius 2 is 1.92 bits per heavy atom. The molecule has 0 saturated heterocycles. The fraction of sp³-hybridized carbons (Fsp3) is 0.222. The Kier molecular flexibility index (Phi) is 4.92. The lowest BCUT2D eigenvalue weighted by atomic mass is 10.1. The van der Waals surface area contributed by atoms with Gasteiger partial charge in [0, 0.05) is 6.42 Å². The fourth-order valence-electron chi connectivity index (χ4n) is 0.963. The Morgan fingerprint density at radius 1 is 1.38 bits per heavy atom. The van der Waals surface area contributed by atoms with Crippen molar-refractivity contribution in [2.24, 2.45) is 5.73 Å². The van der Waals surface area contributed by atoms with Crippen molar-refractivity contribution in [2.75, 3.05) is 7.11 Å². The fourth-order valence-corrected chi connectivity index (χ4v) is 0.963. The van der Waals surface area contributed by atoms with Crippen LogP contribution in [-0.2, 0) is 6.42 Å². The molecule has 1 rings (SSSR count). The van der Waals surface area contributed by atoms with Gasteiger partial charge >= 0.3 is 0 Å². The maximum absolute atomic E-state index is 7.08. The normalized spacial score (nSPS) is 8.69. The first-order valence-corrected chi connectivity index (χ1v) is 3.68. The summed E-state index contributed by atoms with van der Waals surface area (Å²) in [7, 11) is 1.62. The predicted molar refractivity (Wildman–Crippen MR) is 55.9 cm³/mol. The molecular formula is C9H13ClN2O. The van der Waals surface area contributed by atoms with Crippen molar-refractivity contribution in [1.29, 1.82) is 5.41 Å². The van der Waals surface area contributed by atoms with E-state index in [0.717, 1.165) is 11.3 Å². The molecule has 0 fully saturated rings. The molecule has 0 aliphatic rings. The van der Waals surface area contributed by atoms with E-state index in [0.29, 0.717) is 6.42 Å². The first-order chi connectivity index (χ1) is 5.72. The van der Waals surface area contributed by atoms with Gasteiger partial charge in [-0.3, -0.25) is 5.41 Å². The first-order valence-electron chi connectivity index (χ1n) is 3.68. The van der Waals surface area contributed by atoms with Gasteiger partial charge in [0.2, 0.25) is 0 Å². The molecule has 0 aromatic heterocycles. The van der Waals surface area contributed by atoms with Crippen LogP contribution in [0.4, 0.5) is 0 Å². The molecule has 3 nitrogen and oxygen atoms in total. The molecule has 3 N–H and O–H groups in total. The summed E-state index contributed by atoms with van der Waals surface area (Å²) in [4.78, 5) is 0. The summed E-state index contributed by atoms with van der Waals surface area (Å²) in [5.41, 5.74) is 6.28. The highest BCUT2D eigenvalue weighted by Crippen LogP contribution is 2.11. The average molecular weight is 201 g/mol. The molecule has 0 radical (unpaired) electrons. The van der Waals surface area contributed by atoms with Crippen LogP contribution in [0.1, 0.15) is 5.56 Å². The van der Waals surface area contributed by atoms with Crippen LogP contribution >= 0.6 is 12.4 Å². The Labute approximate surface area is 83.8 Å². The van der Waals surface area contributed by atoms with Gasteiger partial charge in [-0.2, -0.15) is 0 Å². The van der Waals surface area contributed by atoms with Crippen molar-refractivity contribution in [2.45, 2.75) is 6.42 Å². The minimum atomic E-state index is 0. The molecule has 1 aromatic rings. The van der Waals surface area contributed by atoms with Crippen LogP contribution in [0.15, 0.2) is 24.3 Å². The van der Waals surface area contributed by atoms with Gasteiger partial charge < -0.3 is 10.5 Å². The van der Waals surface area contributed by atoms with Crippen molar-refractivity contribution in [3.63, 3.8) is 0 Å². The number of nitrogens with two attached hydrogens (primary N) is 1. The minimum Gasteiger partial charge on any atom is -0.497 e. The monoisotopic (exact) mass is 200 g/mol. The highest BCUT2D eigenvalue weighted by atomic mass is 35.5. The quantitative estimate of drug-likeness (QED) is 0.575. The van der Waals surface area contributed by atoms with Crippen LogP contribution in [0.5, 0.6) is 5.75 Å². The Hall–Kier alpha value is -1.22. The van der Waals surface area contributed by atoms with E-state index in [4.69, 9.17) is 15.9 Å². The largest absolute Gasteiger partial charge is 0.497 e. The summed E-state index contributed by atoms with van der Waals surface area (Å²) in [6, 6.07) is 7.52. The van der Waals surface area contributed by atoms with Crippen molar-refractivity contribution in [3.8, 4) is 5.75 Å². The Balaban J connectivity index is 0.00000144. The first kappa shape index (κ1) is 11.8. The molecule has 4 heteroatoms. The van der Waals surface area contributed by atoms with Gasteiger partial charge in [-0.15, -0.1) is 12.4 Å². The molecule has 1 aromatic carbocycles. The Bertz CT molecular complexity index is 271. The molecule has 0 aliphatic heterocycles. The summed E-state index contributed by atoms with van der Waals surface area (Å²) < 4.78 is 4.99. The van der Waals surface area contributed by atoms with Crippen LogP contribution in [-0.4, -0.2) is 12.9 Å². The van der Waals surface area contributed by atoms with E-state index < -0.39 is 0 Å². The highest BCUT2D eigenvalue weighted by molar-refractivity contribution is 5.85. The van der Waals surface area contributed by atoms with Crippen molar-refractivity contribution >= 4 is 18.2 Å². The minimum absolute atomic E-state index is 0. The topological polar surface area (TPSA) is 59.1 Å². The lowest BCUT2D eigenvalue weighted by molar-refractivity contribution is 0.414. The third-order valence-electron chi connectivity index (χ3n) is 1.55. The third-order valence-corrected chi connectivity index (χ3v) is 1.55. The van der Waals surface area contributed by atoms with Crippen LogP contribution < -0.4 is 10.5 Å². The molecule has 0 aliphatic carbocycles. The highest BCUT2D eigenvalue weighted by Gasteiger charge is 1.95. The maximum atomic E-state index is 7.08. The van der Waals surface area contributed by atoms with E-state index in [9.17, 15) is 0 Å². The van der Waals surface area contributed by atoms with Gasteiger partial charge in [0.25, 0.3) is 0 Å². The molecule has 0 saturated carbocycles. The number of hydrogen-bond acceptors (Lipinski definition) is 2. The number of ether oxygens (including phenoxy) is 1. The summed E-state index contributed by atoms with van der Waals surface area (Å²) in [6.45, 7) is 0. The molecule has 0 spiro atoms. The third kappa shape index (κ3) is 3.80. The second-order valence-electron chi connectivity index (χ2n) is 2.55. The van der Waals surface area contributed by atoms with Gasteiger partial charge in [-0.25, -0.2) is 0 Å². The lowest BCUT2D eigenvalue weighted by Crippen LogP contribution is -2.12. The zero-order valence-corrected chi connectivity index (χ0v) is 8.23. The zero-order chi connectivity index (χ0) is 8.97. The zero-order valence-electron chi connectivity index (χ0n) is 7.41. The molecule has 0 bridgehead atoms. The molecule has 0 atom stereocenters. The van der Waals surface area contributed by atoms with Gasteiger partial charge in [0.05, 0.1) is 12.9 Å². The van der Waals surface area contributed by atoms with Crippen LogP contribution in [0.2, 0.25) is 0 Å². The maximum Gasteiger partial charge on any atom is 0.118 e. The van der Waals surface area contributed by atoms with Gasteiger partial charge in [-0.05, 0) is 17.7 Å². The lowest BCUT2D eigenvalue weighted by Gasteiger charge is -2.01. The standard InChI is InChI=1S/C9H12N2O.ClH/c1-12-8-4-2-7(3-5-8)6-9(10)11;/h2-5H,6H2,1H3,(H3,10,11);1H. The summed E-state index contributed by atoms with van der Waals surface area (Å²) in [5, 5.41) is 7.08.